The van der Waals surface area contributed by atoms with Crippen LogP contribution >= 0.6 is 0 Å². The Morgan fingerprint density at radius 3 is 2.45 bits per heavy atom. The second-order valence-corrected chi connectivity index (χ2v) is 6.32. The Labute approximate surface area is 117 Å². The molecule has 20 heavy (non-hydrogen) atoms. The Hall–Kier alpha value is -1.19. The highest BCUT2D eigenvalue weighted by Gasteiger charge is 2.43. The van der Waals surface area contributed by atoms with Crippen LogP contribution in [0, 0.1) is 0 Å². The molecular formula is C11H19NO7S. The van der Waals surface area contributed by atoms with Crippen molar-refractivity contribution in [2.45, 2.75) is 31.7 Å². The van der Waals surface area contributed by atoms with Gasteiger partial charge in [-0.25, -0.2) is 8.42 Å². The highest BCUT2D eigenvalue weighted by atomic mass is 32.2. The molecule has 0 unspecified atom stereocenters. The summed E-state index contributed by atoms with van der Waals surface area (Å²) in [6, 6.07) is 0. The standard InChI is InChI=1S/C11H19NO7S/c1-2-19-9(13)3-8-20(16,17)12-11(10(14)15)4-6-18-7-5-11/h12H,2-8H2,1H3,(H,14,15). The van der Waals surface area contributed by atoms with E-state index in [1.54, 1.807) is 6.92 Å². The van der Waals surface area contributed by atoms with Crippen molar-refractivity contribution in [2.24, 2.45) is 0 Å². The molecule has 8 nitrogen and oxygen atoms in total. The van der Waals surface area contributed by atoms with Crippen molar-refractivity contribution >= 4 is 22.0 Å². The summed E-state index contributed by atoms with van der Waals surface area (Å²) in [5, 5.41) is 9.24. The lowest BCUT2D eigenvalue weighted by atomic mass is 9.92. The topological polar surface area (TPSA) is 119 Å². The Bertz CT molecular complexity index is 453. The highest BCUT2D eigenvalue weighted by molar-refractivity contribution is 7.89. The molecule has 0 saturated carbocycles. The molecule has 1 saturated heterocycles. The van der Waals surface area contributed by atoms with Gasteiger partial charge in [-0.15, -0.1) is 0 Å². The average Bonchev–Trinajstić information content (AvgIpc) is 2.37. The van der Waals surface area contributed by atoms with Gasteiger partial charge < -0.3 is 14.6 Å². The smallest absolute Gasteiger partial charge is 0.325 e. The van der Waals surface area contributed by atoms with Crippen LogP contribution in [0.5, 0.6) is 0 Å². The normalized spacial score (nSPS) is 18.4. The number of hydrogen-bond donors (Lipinski definition) is 2. The molecule has 1 aliphatic rings. The third-order valence-corrected chi connectivity index (χ3v) is 4.43. The predicted molar refractivity (Wildman–Crippen MR) is 68.6 cm³/mol. The number of rotatable bonds is 7. The molecule has 0 aromatic rings. The molecule has 0 amide bonds. The number of carbonyl (C=O) groups excluding carboxylic acids is 1. The molecule has 1 fully saturated rings. The van der Waals surface area contributed by atoms with E-state index in [0.717, 1.165) is 0 Å². The summed E-state index contributed by atoms with van der Waals surface area (Å²) in [6.45, 7) is 2.13. The summed E-state index contributed by atoms with van der Waals surface area (Å²) < 4.78 is 35.7. The van der Waals surface area contributed by atoms with E-state index < -0.39 is 33.3 Å². The van der Waals surface area contributed by atoms with Crippen LogP contribution in [0.15, 0.2) is 0 Å². The van der Waals surface area contributed by atoms with Crippen molar-refractivity contribution in [3.8, 4) is 0 Å². The molecule has 2 N–H and O–H groups in total. The van der Waals surface area contributed by atoms with Gasteiger partial charge >= 0.3 is 11.9 Å². The van der Waals surface area contributed by atoms with Crippen LogP contribution in [-0.2, 0) is 29.1 Å². The Morgan fingerprint density at radius 2 is 1.95 bits per heavy atom. The fraction of sp³-hybridized carbons (Fsp3) is 0.818. The molecule has 1 rings (SSSR count). The first-order valence-corrected chi connectivity index (χ1v) is 7.95. The van der Waals surface area contributed by atoms with Gasteiger partial charge in [0.25, 0.3) is 0 Å². The van der Waals surface area contributed by atoms with E-state index in [0.29, 0.717) is 0 Å². The summed E-state index contributed by atoms with van der Waals surface area (Å²) in [4.78, 5) is 22.5. The maximum Gasteiger partial charge on any atom is 0.325 e. The largest absolute Gasteiger partial charge is 0.480 e. The minimum atomic E-state index is -3.89. The highest BCUT2D eigenvalue weighted by Crippen LogP contribution is 2.22. The molecule has 0 aromatic heterocycles. The van der Waals surface area contributed by atoms with Crippen molar-refractivity contribution in [1.82, 2.24) is 4.72 Å². The first-order valence-electron chi connectivity index (χ1n) is 6.30. The Balaban J connectivity index is 2.67. The van der Waals surface area contributed by atoms with Gasteiger partial charge in [0.15, 0.2) is 0 Å². The molecule has 0 bridgehead atoms. The van der Waals surface area contributed by atoms with Crippen molar-refractivity contribution in [3.63, 3.8) is 0 Å². The summed E-state index contributed by atoms with van der Waals surface area (Å²) in [5.74, 6) is -2.36. The van der Waals surface area contributed by atoms with Gasteiger partial charge in [0.2, 0.25) is 10.0 Å². The third-order valence-electron chi connectivity index (χ3n) is 2.99. The Morgan fingerprint density at radius 1 is 1.35 bits per heavy atom. The molecule has 116 valence electrons. The maximum atomic E-state index is 11.9. The number of aliphatic carboxylic acids is 1. The van der Waals surface area contributed by atoms with Crippen LogP contribution < -0.4 is 4.72 Å². The van der Waals surface area contributed by atoms with Gasteiger partial charge in [0.05, 0.1) is 18.8 Å². The summed E-state index contributed by atoms with van der Waals surface area (Å²) in [7, 11) is -3.89. The van der Waals surface area contributed by atoms with E-state index in [9.17, 15) is 23.1 Å². The number of ether oxygens (including phenoxy) is 2. The molecule has 9 heteroatoms. The van der Waals surface area contributed by atoms with E-state index in [4.69, 9.17) is 4.74 Å². The third kappa shape index (κ3) is 4.73. The van der Waals surface area contributed by atoms with Crippen molar-refractivity contribution in [1.29, 1.82) is 0 Å². The van der Waals surface area contributed by atoms with E-state index in [1.807, 2.05) is 0 Å². The number of carboxylic acids is 1. The number of nitrogens with one attached hydrogen (secondary N) is 1. The molecule has 0 radical (unpaired) electrons. The number of esters is 1. The quantitative estimate of drug-likeness (QED) is 0.608. The molecule has 0 atom stereocenters. The molecule has 0 aromatic carbocycles. The van der Waals surface area contributed by atoms with Crippen LogP contribution in [0.4, 0.5) is 0 Å². The minimum absolute atomic E-state index is 0.0565. The van der Waals surface area contributed by atoms with Crippen molar-refractivity contribution < 1.29 is 32.6 Å². The lowest BCUT2D eigenvalue weighted by Gasteiger charge is -2.33. The van der Waals surface area contributed by atoms with Crippen LogP contribution in [0.25, 0.3) is 0 Å². The van der Waals surface area contributed by atoms with Gasteiger partial charge in [-0.1, -0.05) is 0 Å². The van der Waals surface area contributed by atoms with Crippen LogP contribution in [0.2, 0.25) is 0 Å². The number of sulfonamides is 1. The maximum absolute atomic E-state index is 11.9. The fourth-order valence-electron chi connectivity index (χ4n) is 1.88. The van der Waals surface area contributed by atoms with Gasteiger partial charge in [-0.05, 0) is 6.92 Å². The second kappa shape index (κ2) is 7.00. The molecule has 1 aliphatic heterocycles. The van der Waals surface area contributed by atoms with Crippen LogP contribution in [-0.4, -0.2) is 56.6 Å². The van der Waals surface area contributed by atoms with Gasteiger partial charge in [-0.2, -0.15) is 4.72 Å². The lowest BCUT2D eigenvalue weighted by Crippen LogP contribution is -2.57. The fourth-order valence-corrected chi connectivity index (χ4v) is 3.30. The van der Waals surface area contributed by atoms with Gasteiger partial charge in [0.1, 0.15) is 5.54 Å². The number of hydrogen-bond acceptors (Lipinski definition) is 6. The molecule has 0 aliphatic carbocycles. The van der Waals surface area contributed by atoms with Crippen molar-refractivity contribution in [2.75, 3.05) is 25.6 Å². The summed E-state index contributed by atoms with van der Waals surface area (Å²) in [6.07, 6.45) is -0.197. The van der Waals surface area contributed by atoms with Crippen LogP contribution in [0.1, 0.15) is 26.2 Å². The van der Waals surface area contributed by atoms with E-state index in [-0.39, 0.29) is 39.1 Å². The molecular weight excluding hydrogens is 290 g/mol. The zero-order valence-electron chi connectivity index (χ0n) is 11.3. The monoisotopic (exact) mass is 309 g/mol. The zero-order chi connectivity index (χ0) is 15.2. The van der Waals surface area contributed by atoms with E-state index in [2.05, 4.69) is 9.46 Å². The Kier molecular flexibility index (Phi) is 5.90. The first kappa shape index (κ1) is 16.9. The minimum Gasteiger partial charge on any atom is -0.480 e. The second-order valence-electron chi connectivity index (χ2n) is 4.48. The van der Waals surface area contributed by atoms with Crippen molar-refractivity contribution in [3.05, 3.63) is 0 Å². The lowest BCUT2D eigenvalue weighted by molar-refractivity contribution is -0.148. The number of carboxylic acid groups (broad SMARTS) is 1. The summed E-state index contributed by atoms with van der Waals surface area (Å²) in [5.41, 5.74) is -1.55. The van der Waals surface area contributed by atoms with Crippen LogP contribution in [0.3, 0.4) is 0 Å². The predicted octanol–water partition coefficient (Wildman–Crippen LogP) is -0.507. The van der Waals surface area contributed by atoms with Gasteiger partial charge in [-0.3, -0.25) is 9.59 Å². The molecule has 1 heterocycles. The average molecular weight is 309 g/mol. The summed E-state index contributed by atoms with van der Waals surface area (Å²) >= 11 is 0. The van der Waals surface area contributed by atoms with E-state index in [1.165, 1.54) is 0 Å². The van der Waals surface area contributed by atoms with Gasteiger partial charge in [0, 0.05) is 26.1 Å². The number of carbonyl (C=O) groups is 2. The first-order chi connectivity index (χ1) is 9.31. The zero-order valence-corrected chi connectivity index (χ0v) is 12.1. The van der Waals surface area contributed by atoms with E-state index >= 15 is 0 Å². The SMILES string of the molecule is CCOC(=O)CCS(=O)(=O)NC1(C(=O)O)CCOCC1. The molecule has 0 spiro atoms.